The maximum atomic E-state index is 9.87. The molecule has 0 saturated heterocycles. The first kappa shape index (κ1) is 14.0. The minimum Gasteiger partial charge on any atom is -0.502 e. The van der Waals surface area contributed by atoms with Crippen molar-refractivity contribution in [1.29, 1.82) is 0 Å². The van der Waals surface area contributed by atoms with Crippen molar-refractivity contribution in [2.45, 2.75) is 20.4 Å². The van der Waals surface area contributed by atoms with Crippen molar-refractivity contribution in [2.75, 3.05) is 19.5 Å². The summed E-state index contributed by atoms with van der Waals surface area (Å²) in [6.45, 7) is 4.47. The summed E-state index contributed by atoms with van der Waals surface area (Å²) in [5, 5.41) is 20.2. The Hall–Kier alpha value is -2.37. The van der Waals surface area contributed by atoms with Crippen LogP contribution in [0, 0.1) is 13.8 Å². The highest BCUT2D eigenvalue weighted by molar-refractivity contribution is 5.55. The van der Waals surface area contributed by atoms with Gasteiger partial charge in [0.15, 0.2) is 11.5 Å². The van der Waals surface area contributed by atoms with Crippen LogP contribution in [0.2, 0.25) is 0 Å². The fraction of sp³-hybridized carbons (Fsp3) is 0.357. The van der Waals surface area contributed by atoms with Crippen molar-refractivity contribution < 1.29 is 14.6 Å². The van der Waals surface area contributed by atoms with E-state index in [1.807, 2.05) is 13.8 Å². The van der Waals surface area contributed by atoms with Gasteiger partial charge in [0.25, 0.3) is 0 Å². The molecule has 1 aromatic heterocycles. The lowest BCUT2D eigenvalue weighted by atomic mass is 10.1. The van der Waals surface area contributed by atoms with E-state index in [0.29, 0.717) is 18.0 Å². The molecular formula is C14H19N3O3. The lowest BCUT2D eigenvalue weighted by molar-refractivity contribution is 0.339. The van der Waals surface area contributed by atoms with E-state index in [1.54, 1.807) is 12.1 Å². The predicted molar refractivity (Wildman–Crippen MR) is 76.6 cm³/mol. The summed E-state index contributed by atoms with van der Waals surface area (Å²) in [5.74, 6) is 0.790. The van der Waals surface area contributed by atoms with Gasteiger partial charge in [-0.25, -0.2) is 0 Å². The standard InChI is InChI=1S/C14H19N3O3/c1-8-13(9(2)17-16-8)15-7-10-5-11(19-3)14(18)12(6-10)20-4/h5-6,15,18H,7H2,1-4H3,(H,16,17). The monoisotopic (exact) mass is 277 g/mol. The van der Waals surface area contributed by atoms with Crippen LogP contribution in [0.5, 0.6) is 17.2 Å². The third kappa shape index (κ3) is 2.64. The number of H-pyrrole nitrogens is 1. The van der Waals surface area contributed by atoms with Gasteiger partial charge in [0, 0.05) is 6.54 Å². The van der Waals surface area contributed by atoms with Gasteiger partial charge in [-0.3, -0.25) is 5.10 Å². The van der Waals surface area contributed by atoms with Gasteiger partial charge < -0.3 is 19.9 Å². The molecular weight excluding hydrogens is 258 g/mol. The third-order valence-electron chi connectivity index (χ3n) is 3.14. The highest BCUT2D eigenvalue weighted by Gasteiger charge is 2.12. The summed E-state index contributed by atoms with van der Waals surface area (Å²) in [5.41, 5.74) is 3.83. The average molecular weight is 277 g/mol. The van der Waals surface area contributed by atoms with Crippen molar-refractivity contribution in [2.24, 2.45) is 0 Å². The van der Waals surface area contributed by atoms with Crippen LogP contribution < -0.4 is 14.8 Å². The molecule has 0 fully saturated rings. The Morgan fingerprint density at radius 2 is 1.80 bits per heavy atom. The van der Waals surface area contributed by atoms with E-state index in [9.17, 15) is 5.11 Å². The van der Waals surface area contributed by atoms with Crippen LogP contribution in [-0.4, -0.2) is 29.5 Å². The molecule has 0 spiro atoms. The van der Waals surface area contributed by atoms with Crippen LogP contribution in [0.25, 0.3) is 0 Å². The van der Waals surface area contributed by atoms with E-state index >= 15 is 0 Å². The van der Waals surface area contributed by atoms with E-state index in [-0.39, 0.29) is 5.75 Å². The Morgan fingerprint density at radius 3 is 2.25 bits per heavy atom. The van der Waals surface area contributed by atoms with Crippen LogP contribution in [0.15, 0.2) is 12.1 Å². The number of nitrogens with zero attached hydrogens (tertiary/aromatic N) is 1. The molecule has 0 aliphatic rings. The number of benzene rings is 1. The van der Waals surface area contributed by atoms with E-state index in [0.717, 1.165) is 22.6 Å². The number of nitrogens with one attached hydrogen (secondary N) is 2. The summed E-state index contributed by atoms with van der Waals surface area (Å²) < 4.78 is 10.3. The number of aromatic nitrogens is 2. The average Bonchev–Trinajstić information content (AvgIpc) is 2.77. The number of aromatic hydroxyl groups is 1. The first-order valence-electron chi connectivity index (χ1n) is 6.26. The summed E-state index contributed by atoms with van der Waals surface area (Å²) >= 11 is 0. The molecule has 3 N–H and O–H groups in total. The van der Waals surface area contributed by atoms with Gasteiger partial charge in [0.1, 0.15) is 0 Å². The number of phenolic OH excluding ortho intramolecular Hbond substituents is 1. The predicted octanol–water partition coefficient (Wildman–Crippen LogP) is 2.36. The van der Waals surface area contributed by atoms with E-state index in [2.05, 4.69) is 15.5 Å². The number of methoxy groups -OCH3 is 2. The fourth-order valence-electron chi connectivity index (χ4n) is 2.05. The first-order valence-corrected chi connectivity index (χ1v) is 6.26. The molecule has 0 aliphatic heterocycles. The maximum absolute atomic E-state index is 9.87. The van der Waals surface area contributed by atoms with Crippen molar-refractivity contribution in [3.05, 3.63) is 29.1 Å². The van der Waals surface area contributed by atoms with Crippen molar-refractivity contribution >= 4 is 5.69 Å². The number of ether oxygens (including phenoxy) is 2. The Labute approximate surface area is 117 Å². The van der Waals surface area contributed by atoms with Crippen LogP contribution in [-0.2, 0) is 6.54 Å². The second-order valence-electron chi connectivity index (χ2n) is 4.51. The second-order valence-corrected chi connectivity index (χ2v) is 4.51. The molecule has 20 heavy (non-hydrogen) atoms. The minimum atomic E-state index is 0.00872. The number of aromatic amines is 1. The van der Waals surface area contributed by atoms with Gasteiger partial charge in [-0.1, -0.05) is 0 Å². The Balaban J connectivity index is 2.21. The maximum Gasteiger partial charge on any atom is 0.200 e. The van der Waals surface area contributed by atoms with Gasteiger partial charge in [0.05, 0.1) is 31.3 Å². The summed E-state index contributed by atoms with van der Waals surface area (Å²) in [7, 11) is 3.02. The molecule has 108 valence electrons. The highest BCUT2D eigenvalue weighted by atomic mass is 16.5. The van der Waals surface area contributed by atoms with Crippen LogP contribution in [0.4, 0.5) is 5.69 Å². The molecule has 0 atom stereocenters. The largest absolute Gasteiger partial charge is 0.502 e. The van der Waals surface area contributed by atoms with Gasteiger partial charge in [0.2, 0.25) is 5.75 Å². The SMILES string of the molecule is COc1cc(CNc2c(C)n[nH]c2C)cc(OC)c1O. The number of aryl methyl sites for hydroxylation is 2. The number of phenols is 1. The third-order valence-corrected chi connectivity index (χ3v) is 3.14. The molecule has 0 bridgehead atoms. The molecule has 2 aromatic rings. The van der Waals surface area contributed by atoms with E-state index in [4.69, 9.17) is 9.47 Å². The van der Waals surface area contributed by atoms with E-state index < -0.39 is 0 Å². The summed E-state index contributed by atoms with van der Waals surface area (Å²) in [6, 6.07) is 3.55. The molecule has 1 heterocycles. The van der Waals surface area contributed by atoms with Crippen LogP contribution >= 0.6 is 0 Å². The summed E-state index contributed by atoms with van der Waals surface area (Å²) in [4.78, 5) is 0. The van der Waals surface area contributed by atoms with Crippen LogP contribution in [0.1, 0.15) is 17.0 Å². The minimum absolute atomic E-state index is 0.00872. The molecule has 2 rings (SSSR count). The number of hydrogen-bond acceptors (Lipinski definition) is 5. The lowest BCUT2D eigenvalue weighted by Gasteiger charge is -2.12. The Morgan fingerprint density at radius 1 is 1.20 bits per heavy atom. The molecule has 0 amide bonds. The topological polar surface area (TPSA) is 79.4 Å². The summed E-state index contributed by atoms with van der Waals surface area (Å²) in [6.07, 6.45) is 0. The number of hydrogen-bond donors (Lipinski definition) is 3. The molecule has 0 unspecified atom stereocenters. The quantitative estimate of drug-likeness (QED) is 0.782. The zero-order valence-corrected chi connectivity index (χ0v) is 12.1. The normalized spacial score (nSPS) is 10.4. The fourth-order valence-corrected chi connectivity index (χ4v) is 2.05. The molecule has 0 saturated carbocycles. The smallest absolute Gasteiger partial charge is 0.200 e. The van der Waals surface area contributed by atoms with Crippen LogP contribution in [0.3, 0.4) is 0 Å². The Kier molecular flexibility index (Phi) is 4.02. The van der Waals surface area contributed by atoms with Crippen molar-refractivity contribution in [1.82, 2.24) is 10.2 Å². The molecule has 0 aliphatic carbocycles. The van der Waals surface area contributed by atoms with Gasteiger partial charge in [-0.2, -0.15) is 5.10 Å². The van der Waals surface area contributed by atoms with Gasteiger partial charge >= 0.3 is 0 Å². The van der Waals surface area contributed by atoms with Gasteiger partial charge in [-0.05, 0) is 31.5 Å². The molecule has 0 radical (unpaired) electrons. The zero-order valence-electron chi connectivity index (χ0n) is 12.1. The Bertz CT molecular complexity index is 563. The van der Waals surface area contributed by atoms with Crippen molar-refractivity contribution in [3.8, 4) is 17.2 Å². The van der Waals surface area contributed by atoms with Gasteiger partial charge in [-0.15, -0.1) is 0 Å². The van der Waals surface area contributed by atoms with E-state index in [1.165, 1.54) is 14.2 Å². The molecule has 6 nitrogen and oxygen atoms in total. The first-order chi connectivity index (χ1) is 9.56. The number of rotatable bonds is 5. The number of anilines is 1. The lowest BCUT2D eigenvalue weighted by Crippen LogP contribution is -2.02. The highest BCUT2D eigenvalue weighted by Crippen LogP contribution is 2.37. The molecule has 1 aromatic carbocycles. The zero-order chi connectivity index (χ0) is 14.7. The molecule has 6 heteroatoms. The van der Waals surface area contributed by atoms with Crippen molar-refractivity contribution in [3.63, 3.8) is 0 Å². The second kappa shape index (κ2) is 5.73.